The highest BCUT2D eigenvalue weighted by Crippen LogP contribution is 2.32. The molecule has 0 radical (unpaired) electrons. The van der Waals surface area contributed by atoms with Gasteiger partial charge < -0.3 is 20.1 Å². The zero-order chi connectivity index (χ0) is 18.5. The summed E-state index contributed by atoms with van der Waals surface area (Å²) in [4.78, 5) is 26.5. The summed E-state index contributed by atoms with van der Waals surface area (Å²) < 4.78 is 2.19. The van der Waals surface area contributed by atoms with Crippen molar-refractivity contribution in [1.82, 2.24) is 20.1 Å². The topological polar surface area (TPSA) is 66.4 Å². The summed E-state index contributed by atoms with van der Waals surface area (Å²) >= 11 is 0. The fraction of sp³-hybridized carbons (Fsp3) is 0.400. The average molecular weight is 354 g/mol. The lowest BCUT2D eigenvalue weighted by Gasteiger charge is -2.37. The number of carbonyl (C=O) groups excluding carboxylic acids is 2. The molecule has 2 N–H and O–H groups in total. The molecule has 0 bridgehead atoms. The van der Waals surface area contributed by atoms with E-state index in [2.05, 4.69) is 52.6 Å². The maximum atomic E-state index is 12.9. The Kier molecular flexibility index (Phi) is 5.61. The van der Waals surface area contributed by atoms with Crippen molar-refractivity contribution in [3.05, 3.63) is 59.4 Å². The van der Waals surface area contributed by atoms with E-state index in [1.54, 1.807) is 0 Å². The minimum Gasteiger partial charge on any atom is -0.348 e. The Balaban J connectivity index is 1.79. The molecular weight excluding hydrogens is 328 g/mol. The van der Waals surface area contributed by atoms with Crippen LogP contribution in [0.4, 0.5) is 4.79 Å². The van der Waals surface area contributed by atoms with Crippen molar-refractivity contribution in [3.63, 3.8) is 0 Å². The Morgan fingerprint density at radius 3 is 2.77 bits per heavy atom. The van der Waals surface area contributed by atoms with Crippen molar-refractivity contribution in [3.8, 4) is 0 Å². The van der Waals surface area contributed by atoms with Gasteiger partial charge in [-0.3, -0.25) is 4.79 Å². The van der Waals surface area contributed by atoms with Crippen LogP contribution in [0, 0.1) is 6.92 Å². The van der Waals surface area contributed by atoms with Crippen LogP contribution < -0.4 is 10.6 Å². The summed E-state index contributed by atoms with van der Waals surface area (Å²) in [6.07, 6.45) is 2.91. The highest BCUT2D eigenvalue weighted by molar-refractivity contribution is 5.84. The van der Waals surface area contributed by atoms with E-state index < -0.39 is 0 Å². The summed E-state index contributed by atoms with van der Waals surface area (Å²) in [5, 5.41) is 5.40. The molecule has 0 saturated carbocycles. The zero-order valence-electron chi connectivity index (χ0n) is 15.4. The molecule has 3 rings (SSSR count). The van der Waals surface area contributed by atoms with Gasteiger partial charge in [0, 0.05) is 31.5 Å². The van der Waals surface area contributed by atoms with Crippen molar-refractivity contribution in [1.29, 1.82) is 0 Å². The number of hydrogen-bond donors (Lipinski definition) is 2. The van der Waals surface area contributed by atoms with E-state index in [0.717, 1.165) is 29.8 Å². The van der Waals surface area contributed by atoms with Crippen LogP contribution in [-0.2, 0) is 11.3 Å². The first-order valence-electron chi connectivity index (χ1n) is 9.13. The van der Waals surface area contributed by atoms with Crippen LogP contribution in [0.5, 0.6) is 0 Å². The molecule has 1 atom stereocenters. The fourth-order valence-electron chi connectivity index (χ4n) is 3.40. The van der Waals surface area contributed by atoms with Gasteiger partial charge in [0.2, 0.25) is 5.91 Å². The number of benzene rings is 1. The first kappa shape index (κ1) is 18.0. The number of amides is 3. The molecule has 6 nitrogen and oxygen atoms in total. The summed E-state index contributed by atoms with van der Waals surface area (Å²) in [6, 6.07) is 11.9. The van der Waals surface area contributed by atoms with Crippen molar-refractivity contribution >= 4 is 11.9 Å². The molecule has 6 heteroatoms. The molecular formula is C20H26N4O2. The lowest BCUT2D eigenvalue weighted by Crippen LogP contribution is -2.48. The van der Waals surface area contributed by atoms with Gasteiger partial charge >= 0.3 is 6.03 Å². The third-order valence-corrected chi connectivity index (χ3v) is 4.65. The van der Waals surface area contributed by atoms with Gasteiger partial charge in [0.25, 0.3) is 0 Å². The second kappa shape index (κ2) is 8.08. The molecule has 3 amide bonds. The Morgan fingerprint density at radius 2 is 2.00 bits per heavy atom. The van der Waals surface area contributed by atoms with E-state index in [-0.39, 0.29) is 24.5 Å². The van der Waals surface area contributed by atoms with Crippen LogP contribution in [0.1, 0.15) is 36.2 Å². The van der Waals surface area contributed by atoms with E-state index in [0.29, 0.717) is 13.1 Å². The summed E-state index contributed by atoms with van der Waals surface area (Å²) in [5.74, 6) is -0.0735. The number of hydrogen-bond acceptors (Lipinski definition) is 2. The average Bonchev–Trinajstić information content (AvgIpc) is 3.12. The Morgan fingerprint density at radius 1 is 1.15 bits per heavy atom. The Hall–Kier alpha value is -2.76. The third-order valence-electron chi connectivity index (χ3n) is 4.65. The van der Waals surface area contributed by atoms with E-state index >= 15 is 0 Å². The molecule has 0 fully saturated rings. The maximum absolute atomic E-state index is 12.9. The smallest absolute Gasteiger partial charge is 0.315 e. The molecule has 0 saturated heterocycles. The van der Waals surface area contributed by atoms with Gasteiger partial charge in [-0.25, -0.2) is 4.79 Å². The van der Waals surface area contributed by atoms with Gasteiger partial charge in [-0.15, -0.1) is 0 Å². The highest BCUT2D eigenvalue weighted by Gasteiger charge is 2.32. The van der Waals surface area contributed by atoms with Crippen LogP contribution in [0.15, 0.2) is 42.6 Å². The Bertz CT molecular complexity index is 784. The number of nitrogens with one attached hydrogen (secondary N) is 2. The molecule has 2 heterocycles. The van der Waals surface area contributed by atoms with Gasteiger partial charge in [-0.1, -0.05) is 36.8 Å². The lowest BCUT2D eigenvalue weighted by atomic mass is 9.98. The molecule has 1 aliphatic rings. The predicted molar refractivity (Wildman–Crippen MR) is 101 cm³/mol. The maximum Gasteiger partial charge on any atom is 0.315 e. The van der Waals surface area contributed by atoms with Gasteiger partial charge in [0.05, 0.1) is 12.6 Å². The zero-order valence-corrected chi connectivity index (χ0v) is 15.4. The number of nitrogens with zero attached hydrogens (tertiary/aromatic N) is 2. The molecule has 26 heavy (non-hydrogen) atoms. The molecule has 1 aromatic heterocycles. The van der Waals surface area contributed by atoms with Crippen LogP contribution in [-0.4, -0.2) is 41.0 Å². The second-order valence-electron chi connectivity index (χ2n) is 6.64. The summed E-state index contributed by atoms with van der Waals surface area (Å²) in [6.45, 7) is 6.02. The minimum atomic E-state index is -0.298. The van der Waals surface area contributed by atoms with Gasteiger partial charge in [-0.05, 0) is 31.0 Å². The van der Waals surface area contributed by atoms with E-state index in [4.69, 9.17) is 0 Å². The first-order valence-corrected chi connectivity index (χ1v) is 9.13. The third kappa shape index (κ3) is 3.90. The molecule has 2 aromatic rings. The van der Waals surface area contributed by atoms with Gasteiger partial charge in [-0.2, -0.15) is 0 Å². The number of aryl methyl sites for hydroxylation is 1. The van der Waals surface area contributed by atoms with Crippen molar-refractivity contribution < 1.29 is 9.59 Å². The number of aromatic nitrogens is 1. The molecule has 1 aliphatic heterocycles. The van der Waals surface area contributed by atoms with Crippen LogP contribution >= 0.6 is 0 Å². The standard InChI is InChI=1S/C20H26N4O2/c1-3-9-21-20(26)22-14-18(25)24-12-11-23-10-5-8-17(23)19(24)16-7-4-6-15(2)13-16/h4-8,10,13,19H,3,9,11-12,14H2,1-2H3,(H2,21,22,26). The van der Waals surface area contributed by atoms with Crippen molar-refractivity contribution in [2.75, 3.05) is 19.6 Å². The van der Waals surface area contributed by atoms with Gasteiger partial charge in [0.1, 0.15) is 0 Å². The largest absolute Gasteiger partial charge is 0.348 e. The second-order valence-corrected chi connectivity index (χ2v) is 6.64. The minimum absolute atomic E-state index is 0.00142. The number of carbonyl (C=O) groups is 2. The molecule has 1 unspecified atom stereocenters. The van der Waals surface area contributed by atoms with Crippen LogP contribution in [0.25, 0.3) is 0 Å². The number of urea groups is 1. The molecule has 0 spiro atoms. The van der Waals surface area contributed by atoms with Crippen molar-refractivity contribution in [2.45, 2.75) is 32.9 Å². The predicted octanol–water partition coefficient (Wildman–Crippen LogP) is 2.44. The van der Waals surface area contributed by atoms with Gasteiger partial charge in [0.15, 0.2) is 0 Å². The lowest BCUT2D eigenvalue weighted by molar-refractivity contribution is -0.132. The van der Waals surface area contributed by atoms with E-state index in [1.807, 2.05) is 24.0 Å². The SMILES string of the molecule is CCCNC(=O)NCC(=O)N1CCn2cccc2C1c1cccc(C)c1. The number of rotatable bonds is 5. The van der Waals surface area contributed by atoms with Crippen LogP contribution in [0.2, 0.25) is 0 Å². The molecule has 138 valence electrons. The summed E-state index contributed by atoms with van der Waals surface area (Å²) in [5.41, 5.74) is 3.36. The number of fused-ring (bicyclic) bond motifs is 1. The highest BCUT2D eigenvalue weighted by atomic mass is 16.2. The van der Waals surface area contributed by atoms with E-state index in [1.165, 1.54) is 0 Å². The Labute approximate surface area is 154 Å². The first-order chi connectivity index (χ1) is 12.6. The van der Waals surface area contributed by atoms with Crippen LogP contribution in [0.3, 0.4) is 0 Å². The molecule has 0 aliphatic carbocycles. The normalized spacial score (nSPS) is 16.1. The van der Waals surface area contributed by atoms with E-state index in [9.17, 15) is 9.59 Å². The quantitative estimate of drug-likeness (QED) is 0.866. The fourth-order valence-corrected chi connectivity index (χ4v) is 3.40. The summed E-state index contributed by atoms with van der Waals surface area (Å²) in [7, 11) is 0. The molecule has 1 aromatic carbocycles. The van der Waals surface area contributed by atoms with Crippen molar-refractivity contribution in [2.24, 2.45) is 0 Å². The monoisotopic (exact) mass is 354 g/mol.